The smallest absolute Gasteiger partial charge is 0.292 e. The molecule has 84 valence electrons. The van der Waals surface area contributed by atoms with E-state index in [1.165, 1.54) is 20.0 Å². The summed E-state index contributed by atoms with van der Waals surface area (Å²) in [6.07, 6.45) is 0. The normalized spacial score (nSPS) is 9.38. The van der Waals surface area contributed by atoms with E-state index in [-0.39, 0.29) is 11.5 Å². The Kier molecular flexibility index (Phi) is 3.77. The molecule has 0 unspecified atom stereocenters. The SMILES string of the molecule is CNC(=O)C(=O)c1ccccc1NC(C)=O. The number of likely N-dealkylation sites (N-methyl/N-ethyl adjacent to an activating group) is 1. The van der Waals surface area contributed by atoms with Gasteiger partial charge >= 0.3 is 0 Å². The summed E-state index contributed by atoms with van der Waals surface area (Å²) in [5.74, 6) is -1.68. The number of hydrogen-bond acceptors (Lipinski definition) is 3. The maximum Gasteiger partial charge on any atom is 0.292 e. The standard InChI is InChI=1S/C11H12N2O3/c1-7(14)13-9-6-4-3-5-8(9)10(15)11(16)12-2/h3-6H,1-2H3,(H,12,16)(H,13,14). The molecule has 0 heterocycles. The molecule has 2 N–H and O–H groups in total. The van der Waals surface area contributed by atoms with Crippen LogP contribution in [0.4, 0.5) is 5.69 Å². The van der Waals surface area contributed by atoms with E-state index < -0.39 is 11.7 Å². The van der Waals surface area contributed by atoms with Gasteiger partial charge in [0.15, 0.2) is 0 Å². The summed E-state index contributed by atoms with van der Waals surface area (Å²) in [5, 5.41) is 4.74. The predicted octanol–water partition coefficient (Wildman–Crippen LogP) is 0.574. The number of benzene rings is 1. The molecule has 5 heteroatoms. The van der Waals surface area contributed by atoms with Gasteiger partial charge in [-0.3, -0.25) is 14.4 Å². The Morgan fingerprint density at radius 1 is 1.12 bits per heavy atom. The maximum atomic E-state index is 11.6. The van der Waals surface area contributed by atoms with Crippen LogP contribution in [0.1, 0.15) is 17.3 Å². The van der Waals surface area contributed by atoms with Crippen molar-refractivity contribution < 1.29 is 14.4 Å². The quantitative estimate of drug-likeness (QED) is 0.577. The van der Waals surface area contributed by atoms with Gasteiger partial charge < -0.3 is 10.6 Å². The zero-order chi connectivity index (χ0) is 12.1. The number of nitrogens with one attached hydrogen (secondary N) is 2. The Morgan fingerprint density at radius 3 is 2.31 bits per heavy atom. The number of carbonyl (C=O) groups is 3. The van der Waals surface area contributed by atoms with Gasteiger partial charge in [0.25, 0.3) is 11.7 Å². The van der Waals surface area contributed by atoms with Gasteiger partial charge in [0, 0.05) is 14.0 Å². The van der Waals surface area contributed by atoms with Gasteiger partial charge in [-0.05, 0) is 12.1 Å². The van der Waals surface area contributed by atoms with E-state index in [1.807, 2.05) is 0 Å². The zero-order valence-electron chi connectivity index (χ0n) is 9.03. The van der Waals surface area contributed by atoms with Gasteiger partial charge in [-0.15, -0.1) is 0 Å². The number of para-hydroxylation sites is 1. The van der Waals surface area contributed by atoms with Crippen molar-refractivity contribution >= 4 is 23.3 Å². The third kappa shape index (κ3) is 2.66. The summed E-state index contributed by atoms with van der Waals surface area (Å²) in [7, 11) is 1.38. The Hall–Kier alpha value is -2.17. The third-order valence-corrected chi connectivity index (χ3v) is 1.92. The number of hydrogen-bond donors (Lipinski definition) is 2. The van der Waals surface area contributed by atoms with Gasteiger partial charge in [-0.1, -0.05) is 12.1 Å². The van der Waals surface area contributed by atoms with Crippen molar-refractivity contribution in [3.8, 4) is 0 Å². The number of ketones is 1. The number of carbonyl (C=O) groups excluding carboxylic acids is 3. The predicted molar refractivity (Wildman–Crippen MR) is 59.1 cm³/mol. The van der Waals surface area contributed by atoms with Crippen LogP contribution < -0.4 is 10.6 Å². The highest BCUT2D eigenvalue weighted by Gasteiger charge is 2.18. The Bertz CT molecular complexity index is 441. The molecule has 0 bridgehead atoms. The van der Waals surface area contributed by atoms with Crippen molar-refractivity contribution in [2.45, 2.75) is 6.92 Å². The number of anilines is 1. The molecule has 0 spiro atoms. The van der Waals surface area contributed by atoms with Crippen LogP contribution in [0.3, 0.4) is 0 Å². The van der Waals surface area contributed by atoms with E-state index in [0.29, 0.717) is 5.69 Å². The van der Waals surface area contributed by atoms with Crippen LogP contribution in [0.2, 0.25) is 0 Å². The second-order valence-corrected chi connectivity index (χ2v) is 3.14. The van der Waals surface area contributed by atoms with Crippen molar-refractivity contribution in [3.05, 3.63) is 29.8 Å². The molecule has 0 atom stereocenters. The number of rotatable bonds is 3. The summed E-state index contributed by atoms with van der Waals surface area (Å²) in [6.45, 7) is 1.33. The van der Waals surface area contributed by atoms with Crippen LogP contribution in [0.5, 0.6) is 0 Å². The van der Waals surface area contributed by atoms with E-state index in [2.05, 4.69) is 10.6 Å². The maximum absolute atomic E-state index is 11.6. The van der Waals surface area contributed by atoms with Crippen LogP contribution in [0.25, 0.3) is 0 Å². The molecule has 0 aromatic heterocycles. The largest absolute Gasteiger partial charge is 0.352 e. The fraction of sp³-hybridized carbons (Fsp3) is 0.182. The van der Waals surface area contributed by atoms with Crippen molar-refractivity contribution in [3.63, 3.8) is 0 Å². The first-order valence-corrected chi connectivity index (χ1v) is 4.69. The van der Waals surface area contributed by atoms with Crippen LogP contribution in [0.15, 0.2) is 24.3 Å². The summed E-state index contributed by atoms with van der Waals surface area (Å²) < 4.78 is 0. The first kappa shape index (κ1) is 11.9. The lowest BCUT2D eigenvalue weighted by Crippen LogP contribution is -2.28. The Morgan fingerprint density at radius 2 is 1.75 bits per heavy atom. The van der Waals surface area contributed by atoms with Crippen molar-refractivity contribution in [2.24, 2.45) is 0 Å². The summed E-state index contributed by atoms with van der Waals surface area (Å²) >= 11 is 0. The molecular weight excluding hydrogens is 208 g/mol. The van der Waals surface area contributed by atoms with Gasteiger partial charge in [0.2, 0.25) is 5.91 Å². The third-order valence-electron chi connectivity index (χ3n) is 1.92. The summed E-state index contributed by atoms with van der Waals surface area (Å²) in [6, 6.07) is 6.35. The van der Waals surface area contributed by atoms with E-state index >= 15 is 0 Å². The van der Waals surface area contributed by atoms with Crippen LogP contribution in [-0.2, 0) is 9.59 Å². The highest BCUT2D eigenvalue weighted by atomic mass is 16.2. The topological polar surface area (TPSA) is 75.3 Å². The van der Waals surface area contributed by atoms with Crippen molar-refractivity contribution in [1.82, 2.24) is 5.32 Å². The fourth-order valence-corrected chi connectivity index (χ4v) is 1.22. The molecule has 0 fully saturated rings. The lowest BCUT2D eigenvalue weighted by Gasteiger charge is -2.07. The molecule has 2 amide bonds. The molecule has 16 heavy (non-hydrogen) atoms. The average Bonchev–Trinajstić information content (AvgIpc) is 2.27. The van der Waals surface area contributed by atoms with Crippen molar-refractivity contribution in [2.75, 3.05) is 12.4 Å². The lowest BCUT2D eigenvalue weighted by atomic mass is 10.1. The minimum absolute atomic E-state index is 0.178. The van der Waals surface area contributed by atoms with Crippen LogP contribution in [0, 0.1) is 0 Å². The zero-order valence-corrected chi connectivity index (χ0v) is 9.03. The van der Waals surface area contributed by atoms with Gasteiger partial charge in [0.05, 0.1) is 11.3 Å². The van der Waals surface area contributed by atoms with Gasteiger partial charge in [-0.25, -0.2) is 0 Å². The van der Waals surface area contributed by atoms with E-state index in [4.69, 9.17) is 0 Å². The van der Waals surface area contributed by atoms with Gasteiger partial charge in [0.1, 0.15) is 0 Å². The van der Waals surface area contributed by atoms with Crippen molar-refractivity contribution in [1.29, 1.82) is 0 Å². The molecule has 0 radical (unpaired) electrons. The number of amides is 2. The molecule has 0 aliphatic heterocycles. The molecule has 5 nitrogen and oxygen atoms in total. The van der Waals surface area contributed by atoms with Crippen LogP contribution >= 0.6 is 0 Å². The molecular formula is C11H12N2O3. The highest BCUT2D eigenvalue weighted by molar-refractivity contribution is 6.44. The minimum Gasteiger partial charge on any atom is -0.352 e. The molecule has 1 rings (SSSR count). The molecule has 1 aromatic carbocycles. The minimum atomic E-state index is -0.710. The second kappa shape index (κ2) is 5.06. The monoisotopic (exact) mass is 220 g/mol. The average molecular weight is 220 g/mol. The Labute approximate surface area is 92.8 Å². The van der Waals surface area contributed by atoms with Crippen LogP contribution in [-0.4, -0.2) is 24.6 Å². The van der Waals surface area contributed by atoms with E-state index in [0.717, 1.165) is 0 Å². The molecule has 1 aromatic rings. The summed E-state index contributed by atoms with van der Waals surface area (Å²) in [4.78, 5) is 33.7. The molecule has 0 aliphatic carbocycles. The first-order chi connectivity index (χ1) is 7.56. The number of Topliss-reactive ketones (excluding diaryl/α,β-unsaturated/α-hetero) is 1. The first-order valence-electron chi connectivity index (χ1n) is 4.69. The molecule has 0 aliphatic rings. The molecule has 0 saturated heterocycles. The fourth-order valence-electron chi connectivity index (χ4n) is 1.22. The molecule has 0 saturated carbocycles. The Balaban J connectivity index is 3.08. The lowest BCUT2D eigenvalue weighted by molar-refractivity contribution is -0.116. The summed E-state index contributed by atoms with van der Waals surface area (Å²) in [5.41, 5.74) is 0.514. The van der Waals surface area contributed by atoms with Gasteiger partial charge in [-0.2, -0.15) is 0 Å². The van der Waals surface area contributed by atoms with E-state index in [9.17, 15) is 14.4 Å². The second-order valence-electron chi connectivity index (χ2n) is 3.14. The highest BCUT2D eigenvalue weighted by Crippen LogP contribution is 2.15. The van der Waals surface area contributed by atoms with E-state index in [1.54, 1.807) is 18.2 Å².